The zero-order chi connectivity index (χ0) is 10.5. The van der Waals surface area contributed by atoms with Crippen LogP contribution in [0, 0.1) is 0 Å². The lowest BCUT2D eigenvalue weighted by Crippen LogP contribution is -1.86. The standard InChI is InChI=1S/3CH4O.Br4Si/c3*1-2;1-5(2,3)4/h3*2H,1H3;. The summed E-state index contributed by atoms with van der Waals surface area (Å²) in [6.07, 6.45) is 0. The second-order valence-electron chi connectivity index (χ2n) is 0.429. The number of aliphatic hydroxyl groups is 3. The molecule has 11 heavy (non-hydrogen) atoms. The average molecular weight is 444 g/mol. The van der Waals surface area contributed by atoms with Crippen LogP contribution in [-0.2, 0) is 0 Å². The minimum absolute atomic E-state index is 1.00. The molecule has 0 saturated carbocycles. The van der Waals surface area contributed by atoms with Gasteiger partial charge in [0.2, 0.25) is 0 Å². The van der Waals surface area contributed by atoms with Gasteiger partial charge in [-0.15, -0.1) is 0 Å². The molecule has 0 heterocycles. The van der Waals surface area contributed by atoms with Gasteiger partial charge < -0.3 is 15.3 Å². The Hall–Kier alpha value is 2.02. The van der Waals surface area contributed by atoms with E-state index in [-0.39, 0.29) is 0 Å². The highest BCUT2D eigenvalue weighted by Gasteiger charge is 2.14. The third-order valence-electron chi connectivity index (χ3n) is 0. The van der Waals surface area contributed by atoms with Crippen LogP contribution in [-0.4, -0.2) is 39.2 Å². The van der Waals surface area contributed by atoms with Crippen molar-refractivity contribution in [2.75, 3.05) is 21.3 Å². The first-order valence-corrected chi connectivity index (χ1v) is 13.1. The molecule has 0 aliphatic carbocycles. The maximum atomic E-state index is 7.00. The lowest BCUT2D eigenvalue weighted by atomic mass is 11.8. The molecule has 0 aliphatic heterocycles. The predicted octanol–water partition coefficient (Wildman–Crippen LogP) is 1.83. The minimum Gasteiger partial charge on any atom is -0.400 e. The van der Waals surface area contributed by atoms with Crippen molar-refractivity contribution in [3.63, 3.8) is 0 Å². The van der Waals surface area contributed by atoms with Crippen molar-refractivity contribution in [2.45, 2.75) is 0 Å². The van der Waals surface area contributed by atoms with Gasteiger partial charge in [-0.05, 0) is 0 Å². The van der Waals surface area contributed by atoms with Crippen LogP contribution in [0.25, 0.3) is 0 Å². The minimum atomic E-state index is -1.36. The normalized spacial score (nSPS) is 7.09. The number of hydrogen-bond donors (Lipinski definition) is 3. The fourth-order valence-electron chi connectivity index (χ4n) is 0. The van der Waals surface area contributed by atoms with E-state index in [0.717, 1.165) is 21.3 Å². The van der Waals surface area contributed by atoms with Crippen molar-refractivity contribution in [1.29, 1.82) is 0 Å². The number of aliphatic hydroxyl groups excluding tert-OH is 3. The average Bonchev–Trinajstić information content (AvgIpc) is 1.96. The Morgan fingerprint density at radius 3 is 0.636 bits per heavy atom. The third kappa shape index (κ3) is 296. The van der Waals surface area contributed by atoms with E-state index in [1.54, 1.807) is 0 Å². The van der Waals surface area contributed by atoms with E-state index in [4.69, 9.17) is 15.3 Å². The summed E-state index contributed by atoms with van der Waals surface area (Å²) < 4.78 is -1.36. The van der Waals surface area contributed by atoms with Crippen molar-refractivity contribution >= 4 is 63.7 Å². The van der Waals surface area contributed by atoms with Gasteiger partial charge in [0.1, 0.15) is 0 Å². The molecule has 3 N–H and O–H groups in total. The van der Waals surface area contributed by atoms with Gasteiger partial charge in [0.15, 0.2) is 0 Å². The summed E-state index contributed by atoms with van der Waals surface area (Å²) in [6.45, 7) is 0. The molecule has 0 fully saturated rings. The molecule has 0 spiro atoms. The highest BCUT2D eigenvalue weighted by atomic mass is 80.0. The first-order valence-electron chi connectivity index (χ1n) is 2.10. The number of hydrogen-bond acceptors (Lipinski definition) is 3. The van der Waals surface area contributed by atoms with Crippen LogP contribution in [0.1, 0.15) is 0 Å². The van der Waals surface area contributed by atoms with Gasteiger partial charge in [-0.2, -0.15) is 0 Å². The summed E-state index contributed by atoms with van der Waals surface area (Å²) in [5, 5.41) is 21.0. The van der Waals surface area contributed by atoms with E-state index >= 15 is 0 Å². The monoisotopic (exact) mass is 440 g/mol. The fraction of sp³-hybridized carbons (Fsp3) is 1.00. The Bertz CT molecular complexity index is 36.1. The maximum absolute atomic E-state index is 7.00. The van der Waals surface area contributed by atoms with Gasteiger partial charge in [-0.25, -0.2) is 0 Å². The van der Waals surface area contributed by atoms with Crippen molar-refractivity contribution in [1.82, 2.24) is 0 Å². The van der Waals surface area contributed by atoms with Gasteiger partial charge in [-0.3, -0.25) is 0 Å². The first kappa shape index (κ1) is 23.1. The molecule has 0 aliphatic rings. The molecule has 0 amide bonds. The molecular weight excluding hydrogens is 432 g/mol. The van der Waals surface area contributed by atoms with Crippen molar-refractivity contribution < 1.29 is 15.3 Å². The molecule has 0 saturated heterocycles. The molecule has 0 rings (SSSR count). The second kappa shape index (κ2) is 22.7. The molecule has 0 aromatic rings. The van der Waals surface area contributed by atoms with Crippen LogP contribution in [0.3, 0.4) is 0 Å². The summed E-state index contributed by atoms with van der Waals surface area (Å²) in [4.78, 5) is 0. The molecule has 0 aromatic carbocycles. The van der Waals surface area contributed by atoms with Crippen LogP contribution in [0.15, 0.2) is 0 Å². The van der Waals surface area contributed by atoms with Gasteiger partial charge in [0.05, 0.1) is 0 Å². The van der Waals surface area contributed by atoms with E-state index in [2.05, 4.69) is 61.2 Å². The fourth-order valence-corrected chi connectivity index (χ4v) is 0. The zero-order valence-electron chi connectivity index (χ0n) is 6.35. The molecule has 0 bridgehead atoms. The van der Waals surface area contributed by atoms with Crippen molar-refractivity contribution in [2.24, 2.45) is 0 Å². The van der Waals surface area contributed by atoms with Crippen LogP contribution < -0.4 is 0 Å². The van der Waals surface area contributed by atoms with Crippen molar-refractivity contribution in [3.8, 4) is 0 Å². The van der Waals surface area contributed by atoms with Gasteiger partial charge >= 0.3 is 2.55 Å². The lowest BCUT2D eigenvalue weighted by molar-refractivity contribution is 0.399. The zero-order valence-corrected chi connectivity index (χ0v) is 13.7. The highest BCUT2D eigenvalue weighted by molar-refractivity contribution is 9.90. The summed E-state index contributed by atoms with van der Waals surface area (Å²) in [5.74, 6) is 0. The van der Waals surface area contributed by atoms with Crippen molar-refractivity contribution in [3.05, 3.63) is 0 Å². The smallest absolute Gasteiger partial charge is 0.336 e. The molecule has 0 unspecified atom stereocenters. The van der Waals surface area contributed by atoms with Crippen LogP contribution >= 0.6 is 61.2 Å². The van der Waals surface area contributed by atoms with E-state index in [0.29, 0.717) is 0 Å². The van der Waals surface area contributed by atoms with E-state index in [1.807, 2.05) is 0 Å². The molecule has 8 heteroatoms. The highest BCUT2D eigenvalue weighted by Crippen LogP contribution is 2.33. The SMILES string of the molecule is Br[Si](Br)(Br)Br.CO.CO.CO. The second-order valence-corrected chi connectivity index (χ2v) is 34.7. The largest absolute Gasteiger partial charge is 0.400 e. The summed E-state index contributed by atoms with van der Waals surface area (Å²) in [7, 11) is 3.00. The van der Waals surface area contributed by atoms with E-state index < -0.39 is 2.55 Å². The van der Waals surface area contributed by atoms with Gasteiger partial charge in [0, 0.05) is 21.3 Å². The molecule has 0 aromatic heterocycles. The topological polar surface area (TPSA) is 60.7 Å². The number of rotatable bonds is 0. The Morgan fingerprint density at radius 2 is 0.636 bits per heavy atom. The Labute approximate surface area is 99.5 Å². The summed E-state index contributed by atoms with van der Waals surface area (Å²) in [5.41, 5.74) is 0. The first-order chi connectivity index (χ1) is 5.00. The maximum Gasteiger partial charge on any atom is 0.336 e. The molecule has 3 nitrogen and oxygen atoms in total. The summed E-state index contributed by atoms with van der Waals surface area (Å²) >= 11 is 13.1. The number of halogens is 4. The predicted molar refractivity (Wildman–Crippen MR) is 65.9 cm³/mol. The van der Waals surface area contributed by atoms with Gasteiger partial charge in [-0.1, -0.05) is 61.2 Å². The van der Waals surface area contributed by atoms with Crippen LogP contribution in [0.2, 0.25) is 0 Å². The van der Waals surface area contributed by atoms with Gasteiger partial charge in [0.25, 0.3) is 0 Å². The Morgan fingerprint density at radius 1 is 0.636 bits per heavy atom. The third-order valence-corrected chi connectivity index (χ3v) is 0. The van der Waals surface area contributed by atoms with Crippen LogP contribution in [0.5, 0.6) is 0 Å². The van der Waals surface area contributed by atoms with E-state index in [1.165, 1.54) is 0 Å². The molecular formula is C3H12Br4O3Si. The lowest BCUT2D eigenvalue weighted by Gasteiger charge is -1.88. The van der Waals surface area contributed by atoms with E-state index in [9.17, 15) is 0 Å². The van der Waals surface area contributed by atoms with Crippen LogP contribution in [0.4, 0.5) is 0 Å². The quantitative estimate of drug-likeness (QED) is 0.395. The Balaban J connectivity index is -0.0000000350. The molecule has 0 radical (unpaired) electrons. The molecule has 74 valence electrons. The Kier molecular flexibility index (Phi) is 47.7. The summed E-state index contributed by atoms with van der Waals surface area (Å²) in [6, 6.07) is 0. The molecule has 0 atom stereocenters.